The lowest BCUT2D eigenvalue weighted by atomic mass is 10.3. The molecule has 1 unspecified atom stereocenters. The summed E-state index contributed by atoms with van der Waals surface area (Å²) in [4.78, 5) is 0. The van der Waals surface area contributed by atoms with Crippen LogP contribution in [0.2, 0.25) is 0 Å². The van der Waals surface area contributed by atoms with Gasteiger partial charge < -0.3 is 0 Å². The number of sulfone groups is 1. The van der Waals surface area contributed by atoms with Crippen LogP contribution in [0.3, 0.4) is 0 Å². The van der Waals surface area contributed by atoms with Crippen LogP contribution in [0.5, 0.6) is 0 Å². The maximum Gasteiger partial charge on any atom is 0.375 e. The minimum atomic E-state index is -4.48. The van der Waals surface area contributed by atoms with Crippen molar-refractivity contribution in [3.8, 4) is 0 Å². The Labute approximate surface area is 56.0 Å². The lowest BCUT2D eigenvalue weighted by molar-refractivity contribution is 0.0155. The van der Waals surface area contributed by atoms with E-state index >= 15 is 0 Å². The molecule has 0 spiro atoms. The Kier molecular flexibility index (Phi) is 1.47. The van der Waals surface area contributed by atoms with Crippen molar-refractivity contribution in [1.82, 2.24) is 0 Å². The molecule has 0 aromatic rings. The summed E-state index contributed by atoms with van der Waals surface area (Å²) in [5.41, 5.74) is 0. The first-order valence-electron chi connectivity index (χ1n) is 2.62. The Morgan fingerprint density at radius 2 is 1.90 bits per heavy atom. The third-order valence-corrected chi connectivity index (χ3v) is 3.28. The molecule has 0 aromatic heterocycles. The summed E-state index contributed by atoms with van der Waals surface area (Å²) >= 11 is 0. The van der Waals surface area contributed by atoms with Crippen molar-refractivity contribution in [3.05, 3.63) is 0 Å². The highest BCUT2D eigenvalue weighted by molar-refractivity contribution is 7.92. The predicted molar refractivity (Wildman–Crippen MR) is 28.2 cm³/mol. The van der Waals surface area contributed by atoms with Crippen LogP contribution in [0.25, 0.3) is 0 Å². The van der Waals surface area contributed by atoms with E-state index in [0.29, 0.717) is 0 Å². The molecule has 0 saturated carbocycles. The van der Waals surface area contributed by atoms with Gasteiger partial charge in [-0.2, -0.15) is 8.78 Å². The van der Waals surface area contributed by atoms with E-state index in [-0.39, 0.29) is 0 Å². The minimum absolute atomic E-state index is 0.588. The van der Waals surface area contributed by atoms with Gasteiger partial charge >= 0.3 is 5.25 Å². The van der Waals surface area contributed by atoms with Gasteiger partial charge in [0.1, 0.15) is 0 Å². The van der Waals surface area contributed by atoms with E-state index in [4.69, 9.17) is 0 Å². The van der Waals surface area contributed by atoms with Crippen LogP contribution in [0, 0.1) is 0 Å². The SMILES string of the molecule is O=S1(=O)CCC(F)C1(F)F. The fraction of sp³-hybridized carbons (Fsp3) is 1.00. The zero-order valence-electron chi connectivity index (χ0n) is 4.85. The molecule has 1 heterocycles. The summed E-state index contributed by atoms with van der Waals surface area (Å²) in [5, 5.41) is -4.15. The summed E-state index contributed by atoms with van der Waals surface area (Å²) in [6.07, 6.45) is -3.10. The summed E-state index contributed by atoms with van der Waals surface area (Å²) in [6, 6.07) is 0. The number of halogens is 3. The average molecular weight is 174 g/mol. The number of hydrogen-bond acceptors (Lipinski definition) is 2. The van der Waals surface area contributed by atoms with E-state index in [2.05, 4.69) is 0 Å². The lowest BCUT2D eigenvalue weighted by Gasteiger charge is -2.08. The predicted octanol–water partition coefficient (Wildman–Crippen LogP) is 0.736. The zero-order chi connectivity index (χ0) is 7.99. The van der Waals surface area contributed by atoms with Gasteiger partial charge in [-0.3, -0.25) is 0 Å². The Balaban J connectivity index is 3.08. The second-order valence-corrected chi connectivity index (χ2v) is 4.32. The fourth-order valence-corrected chi connectivity index (χ4v) is 2.05. The maximum atomic E-state index is 12.2. The van der Waals surface area contributed by atoms with Crippen molar-refractivity contribution < 1.29 is 21.6 Å². The maximum absolute atomic E-state index is 12.2. The summed E-state index contributed by atoms with van der Waals surface area (Å²) in [6.45, 7) is 0. The summed E-state index contributed by atoms with van der Waals surface area (Å²) in [5.74, 6) is -0.749. The summed E-state index contributed by atoms with van der Waals surface area (Å²) < 4.78 is 57.0. The first kappa shape index (κ1) is 7.84. The highest BCUT2D eigenvalue weighted by atomic mass is 32.2. The minimum Gasteiger partial charge on any atom is -0.240 e. The van der Waals surface area contributed by atoms with Crippen molar-refractivity contribution in [1.29, 1.82) is 0 Å². The molecule has 60 valence electrons. The van der Waals surface area contributed by atoms with Gasteiger partial charge in [-0.15, -0.1) is 0 Å². The van der Waals surface area contributed by atoms with Gasteiger partial charge in [-0.25, -0.2) is 12.8 Å². The van der Waals surface area contributed by atoms with E-state index in [1.807, 2.05) is 0 Å². The van der Waals surface area contributed by atoms with Crippen LogP contribution in [0.15, 0.2) is 0 Å². The fourth-order valence-electron chi connectivity index (χ4n) is 0.758. The zero-order valence-corrected chi connectivity index (χ0v) is 5.67. The number of rotatable bonds is 0. The Morgan fingerprint density at radius 3 is 2.00 bits per heavy atom. The Bertz CT molecular complexity index is 233. The van der Waals surface area contributed by atoms with Crippen molar-refractivity contribution in [3.63, 3.8) is 0 Å². The molecule has 10 heavy (non-hydrogen) atoms. The molecule has 1 saturated heterocycles. The molecule has 0 bridgehead atoms. The second kappa shape index (κ2) is 1.87. The van der Waals surface area contributed by atoms with Crippen molar-refractivity contribution in [2.75, 3.05) is 5.75 Å². The largest absolute Gasteiger partial charge is 0.375 e. The quantitative estimate of drug-likeness (QED) is 0.542. The standard InChI is InChI=1S/C4H5F3O2S/c5-3-1-2-10(8,9)4(3,6)7/h3H,1-2H2. The smallest absolute Gasteiger partial charge is 0.240 e. The van der Waals surface area contributed by atoms with Crippen LogP contribution in [-0.2, 0) is 9.84 Å². The van der Waals surface area contributed by atoms with Gasteiger partial charge in [0.15, 0.2) is 6.17 Å². The molecule has 6 heteroatoms. The molecule has 2 nitrogen and oxygen atoms in total. The molecule has 0 aliphatic carbocycles. The second-order valence-electron chi connectivity index (χ2n) is 2.14. The van der Waals surface area contributed by atoms with Crippen LogP contribution in [-0.4, -0.2) is 25.6 Å². The van der Waals surface area contributed by atoms with Gasteiger partial charge in [-0.1, -0.05) is 0 Å². The molecular weight excluding hydrogens is 169 g/mol. The van der Waals surface area contributed by atoms with Crippen LogP contribution in [0.4, 0.5) is 13.2 Å². The van der Waals surface area contributed by atoms with E-state index in [9.17, 15) is 21.6 Å². The molecule has 1 rings (SSSR count). The molecule has 0 aromatic carbocycles. The van der Waals surface area contributed by atoms with E-state index in [0.717, 1.165) is 0 Å². The first-order chi connectivity index (χ1) is 4.38. The molecule has 1 fully saturated rings. The van der Waals surface area contributed by atoms with Crippen LogP contribution in [0.1, 0.15) is 6.42 Å². The number of alkyl halides is 3. The molecule has 1 atom stereocenters. The van der Waals surface area contributed by atoms with E-state index in [1.165, 1.54) is 0 Å². The number of hydrogen-bond donors (Lipinski definition) is 0. The monoisotopic (exact) mass is 174 g/mol. The van der Waals surface area contributed by atoms with E-state index < -0.39 is 33.4 Å². The van der Waals surface area contributed by atoms with Gasteiger partial charge in [-0.05, 0) is 6.42 Å². The van der Waals surface area contributed by atoms with Gasteiger partial charge in [0.25, 0.3) is 0 Å². The first-order valence-corrected chi connectivity index (χ1v) is 4.27. The van der Waals surface area contributed by atoms with Crippen molar-refractivity contribution >= 4 is 9.84 Å². The topological polar surface area (TPSA) is 34.1 Å². The van der Waals surface area contributed by atoms with Gasteiger partial charge in [0.05, 0.1) is 5.75 Å². The van der Waals surface area contributed by atoms with Crippen molar-refractivity contribution in [2.24, 2.45) is 0 Å². The lowest BCUT2D eigenvalue weighted by Crippen LogP contribution is -2.31. The molecule has 0 N–H and O–H groups in total. The van der Waals surface area contributed by atoms with Crippen LogP contribution < -0.4 is 0 Å². The Morgan fingerprint density at radius 1 is 1.40 bits per heavy atom. The summed E-state index contributed by atoms with van der Waals surface area (Å²) in [7, 11) is -4.48. The van der Waals surface area contributed by atoms with Gasteiger partial charge in [0.2, 0.25) is 9.84 Å². The van der Waals surface area contributed by atoms with Gasteiger partial charge in [0, 0.05) is 0 Å². The highest BCUT2D eigenvalue weighted by Crippen LogP contribution is 2.37. The highest BCUT2D eigenvalue weighted by Gasteiger charge is 2.57. The molecule has 0 amide bonds. The molecule has 0 radical (unpaired) electrons. The molecule has 1 aliphatic rings. The molecular formula is C4H5F3O2S. The third kappa shape index (κ3) is 0.817. The van der Waals surface area contributed by atoms with Crippen molar-refractivity contribution in [2.45, 2.75) is 17.8 Å². The normalized spacial score (nSPS) is 36.1. The third-order valence-electron chi connectivity index (χ3n) is 1.42. The van der Waals surface area contributed by atoms with Crippen LogP contribution >= 0.6 is 0 Å². The average Bonchev–Trinajstić information content (AvgIpc) is 1.94. The van der Waals surface area contributed by atoms with E-state index in [1.54, 1.807) is 0 Å². The Hall–Kier alpha value is -0.260. The molecule has 1 aliphatic heterocycles.